The van der Waals surface area contributed by atoms with E-state index in [1.165, 1.54) is 0 Å². The van der Waals surface area contributed by atoms with Gasteiger partial charge in [-0.15, -0.1) is 0 Å². The summed E-state index contributed by atoms with van der Waals surface area (Å²) in [5.41, 5.74) is 7.35. The minimum atomic E-state index is -0.658. The monoisotopic (exact) mass is 275 g/mol. The molecule has 1 aromatic carbocycles. The van der Waals surface area contributed by atoms with Crippen LogP contribution in [0.3, 0.4) is 0 Å². The molecule has 5 nitrogen and oxygen atoms in total. The molecule has 0 unspecified atom stereocenters. The summed E-state index contributed by atoms with van der Waals surface area (Å²) in [6.07, 6.45) is 2.34. The zero-order chi connectivity index (χ0) is 14.8. The Kier molecular flexibility index (Phi) is 4.11. The van der Waals surface area contributed by atoms with Crippen LogP contribution in [-0.4, -0.2) is 34.2 Å². The van der Waals surface area contributed by atoms with Crippen LogP contribution in [-0.2, 0) is 11.2 Å². The number of rotatable bonds is 5. The second-order valence-corrected chi connectivity index (χ2v) is 5.70. The number of benzene rings is 1. The van der Waals surface area contributed by atoms with Crippen LogP contribution in [0, 0.1) is 0 Å². The van der Waals surface area contributed by atoms with Crippen molar-refractivity contribution in [3.63, 3.8) is 0 Å². The van der Waals surface area contributed by atoms with Gasteiger partial charge < -0.3 is 21.1 Å². The molecular formula is C15H21N3O2. The van der Waals surface area contributed by atoms with Crippen molar-refractivity contribution in [2.45, 2.75) is 31.8 Å². The summed E-state index contributed by atoms with van der Waals surface area (Å²) in [7, 11) is 0. The Morgan fingerprint density at radius 2 is 2.15 bits per heavy atom. The molecule has 0 aliphatic carbocycles. The maximum absolute atomic E-state index is 12.0. The number of carbonyl (C=O) groups excluding carboxylic acids is 1. The van der Waals surface area contributed by atoms with Crippen molar-refractivity contribution >= 4 is 16.8 Å². The molecule has 0 aliphatic rings. The maximum atomic E-state index is 12.0. The number of aromatic amines is 1. The van der Waals surface area contributed by atoms with Gasteiger partial charge in [0.1, 0.15) is 0 Å². The molecule has 0 fully saturated rings. The molecule has 1 atom stereocenters. The summed E-state index contributed by atoms with van der Waals surface area (Å²) in [4.78, 5) is 15.2. The van der Waals surface area contributed by atoms with Crippen molar-refractivity contribution in [3.05, 3.63) is 36.0 Å². The van der Waals surface area contributed by atoms with Gasteiger partial charge in [0.15, 0.2) is 0 Å². The van der Waals surface area contributed by atoms with Crippen molar-refractivity contribution in [3.8, 4) is 0 Å². The summed E-state index contributed by atoms with van der Waals surface area (Å²) < 4.78 is 0. The lowest BCUT2D eigenvalue weighted by Crippen LogP contribution is -2.52. The lowest BCUT2D eigenvalue weighted by Gasteiger charge is -2.25. The molecule has 1 amide bonds. The van der Waals surface area contributed by atoms with Crippen molar-refractivity contribution in [2.75, 3.05) is 6.61 Å². The number of aliphatic hydroxyl groups excluding tert-OH is 1. The minimum Gasteiger partial charge on any atom is -0.394 e. The van der Waals surface area contributed by atoms with E-state index < -0.39 is 11.6 Å². The molecule has 108 valence electrons. The van der Waals surface area contributed by atoms with E-state index in [1.54, 1.807) is 13.8 Å². The van der Waals surface area contributed by atoms with Crippen LogP contribution >= 0.6 is 0 Å². The van der Waals surface area contributed by atoms with Crippen LogP contribution in [0.4, 0.5) is 0 Å². The van der Waals surface area contributed by atoms with Crippen LogP contribution in [0.2, 0.25) is 0 Å². The molecule has 5 heteroatoms. The standard InChI is InChI=1S/C15H21N3O2/c1-15(2,9-19)18-14(20)12(16)7-10-8-17-13-6-4-3-5-11(10)13/h3-6,8,12,17,19H,7,9,16H2,1-2H3,(H,18,20)/t12-/m1/s1. The van der Waals surface area contributed by atoms with Gasteiger partial charge in [0.25, 0.3) is 0 Å². The van der Waals surface area contributed by atoms with Crippen molar-refractivity contribution in [2.24, 2.45) is 5.73 Å². The number of hydrogen-bond acceptors (Lipinski definition) is 3. The molecule has 0 saturated carbocycles. The number of H-pyrrole nitrogens is 1. The molecule has 2 aromatic rings. The second kappa shape index (κ2) is 5.64. The van der Waals surface area contributed by atoms with E-state index in [4.69, 9.17) is 10.8 Å². The summed E-state index contributed by atoms with van der Waals surface area (Å²) in [5.74, 6) is -0.255. The molecule has 0 radical (unpaired) electrons. The topological polar surface area (TPSA) is 91.1 Å². The molecule has 0 aliphatic heterocycles. The normalized spacial score (nSPS) is 13.4. The summed E-state index contributed by atoms with van der Waals surface area (Å²) in [6, 6.07) is 7.27. The average Bonchev–Trinajstić information content (AvgIpc) is 2.82. The number of nitrogens with two attached hydrogens (primary N) is 1. The first-order chi connectivity index (χ1) is 9.43. The highest BCUT2D eigenvalue weighted by atomic mass is 16.3. The smallest absolute Gasteiger partial charge is 0.237 e. The van der Waals surface area contributed by atoms with Crippen LogP contribution < -0.4 is 11.1 Å². The molecule has 20 heavy (non-hydrogen) atoms. The third-order valence-corrected chi connectivity index (χ3v) is 3.31. The highest BCUT2D eigenvalue weighted by molar-refractivity contribution is 5.86. The second-order valence-electron chi connectivity index (χ2n) is 5.70. The molecule has 2 rings (SSSR count). The Hall–Kier alpha value is -1.85. The van der Waals surface area contributed by atoms with Gasteiger partial charge in [0, 0.05) is 17.1 Å². The van der Waals surface area contributed by atoms with Gasteiger partial charge in [0.2, 0.25) is 5.91 Å². The van der Waals surface area contributed by atoms with E-state index in [0.29, 0.717) is 6.42 Å². The first kappa shape index (κ1) is 14.6. The third-order valence-electron chi connectivity index (χ3n) is 3.31. The number of carbonyl (C=O) groups is 1. The van der Waals surface area contributed by atoms with Gasteiger partial charge in [-0.2, -0.15) is 0 Å². The molecule has 0 spiro atoms. The fourth-order valence-corrected chi connectivity index (χ4v) is 2.10. The highest BCUT2D eigenvalue weighted by Crippen LogP contribution is 2.18. The number of aromatic nitrogens is 1. The Bertz CT molecular complexity index is 604. The number of hydrogen-bond donors (Lipinski definition) is 4. The number of para-hydroxylation sites is 1. The zero-order valence-electron chi connectivity index (χ0n) is 11.8. The van der Waals surface area contributed by atoms with E-state index >= 15 is 0 Å². The molecule has 5 N–H and O–H groups in total. The van der Waals surface area contributed by atoms with Gasteiger partial charge in [-0.25, -0.2) is 0 Å². The first-order valence-corrected chi connectivity index (χ1v) is 6.66. The SMILES string of the molecule is CC(C)(CO)NC(=O)[C@H](N)Cc1c[nH]c2ccccc12. The average molecular weight is 275 g/mol. The summed E-state index contributed by atoms with van der Waals surface area (Å²) >= 11 is 0. The largest absolute Gasteiger partial charge is 0.394 e. The Balaban J connectivity index is 2.08. The van der Waals surface area contributed by atoms with Crippen LogP contribution in [0.1, 0.15) is 19.4 Å². The predicted molar refractivity (Wildman–Crippen MR) is 79.3 cm³/mol. The molecular weight excluding hydrogens is 254 g/mol. The predicted octanol–water partition coefficient (Wildman–Crippen LogP) is 0.925. The first-order valence-electron chi connectivity index (χ1n) is 6.66. The van der Waals surface area contributed by atoms with Gasteiger partial charge >= 0.3 is 0 Å². The maximum Gasteiger partial charge on any atom is 0.237 e. The number of nitrogens with one attached hydrogen (secondary N) is 2. The minimum absolute atomic E-state index is 0.126. The van der Waals surface area contributed by atoms with E-state index in [2.05, 4.69) is 10.3 Å². The quantitative estimate of drug-likeness (QED) is 0.654. The third kappa shape index (κ3) is 3.18. The van der Waals surface area contributed by atoms with E-state index in [-0.39, 0.29) is 12.5 Å². The number of amides is 1. The zero-order valence-corrected chi connectivity index (χ0v) is 11.8. The Morgan fingerprint density at radius 1 is 1.45 bits per heavy atom. The van der Waals surface area contributed by atoms with E-state index in [0.717, 1.165) is 16.5 Å². The lowest BCUT2D eigenvalue weighted by atomic mass is 10.0. The fraction of sp³-hybridized carbons (Fsp3) is 0.400. The van der Waals surface area contributed by atoms with Crippen LogP contribution in [0.15, 0.2) is 30.5 Å². The fourth-order valence-electron chi connectivity index (χ4n) is 2.10. The highest BCUT2D eigenvalue weighted by Gasteiger charge is 2.23. The molecule has 0 saturated heterocycles. The van der Waals surface area contributed by atoms with Crippen molar-refractivity contribution in [1.29, 1.82) is 0 Å². The number of aliphatic hydroxyl groups is 1. The summed E-state index contributed by atoms with van der Waals surface area (Å²) in [6.45, 7) is 3.38. The van der Waals surface area contributed by atoms with E-state index in [1.807, 2.05) is 30.5 Å². The number of fused-ring (bicyclic) bond motifs is 1. The van der Waals surface area contributed by atoms with Gasteiger partial charge in [-0.3, -0.25) is 4.79 Å². The molecule has 1 heterocycles. The van der Waals surface area contributed by atoms with Gasteiger partial charge in [0.05, 0.1) is 18.2 Å². The van der Waals surface area contributed by atoms with Gasteiger partial charge in [-0.1, -0.05) is 18.2 Å². The van der Waals surface area contributed by atoms with E-state index in [9.17, 15) is 4.79 Å². The molecule has 1 aromatic heterocycles. The summed E-state index contributed by atoms with van der Waals surface area (Å²) in [5, 5.41) is 13.0. The molecule has 0 bridgehead atoms. The Labute approximate surface area is 118 Å². The lowest BCUT2D eigenvalue weighted by molar-refractivity contribution is -0.124. The van der Waals surface area contributed by atoms with Crippen LogP contribution in [0.5, 0.6) is 0 Å². The van der Waals surface area contributed by atoms with Gasteiger partial charge in [-0.05, 0) is 31.9 Å². The van der Waals surface area contributed by atoms with Crippen LogP contribution in [0.25, 0.3) is 10.9 Å². The van der Waals surface area contributed by atoms with Crippen molar-refractivity contribution in [1.82, 2.24) is 10.3 Å². The van der Waals surface area contributed by atoms with Crippen molar-refractivity contribution < 1.29 is 9.90 Å². The Morgan fingerprint density at radius 3 is 2.85 bits per heavy atom.